The number of hydrogen-bond acceptors (Lipinski definition) is 4. The van der Waals surface area contributed by atoms with Gasteiger partial charge in [-0.25, -0.2) is 4.39 Å². The molecule has 6 nitrogen and oxygen atoms in total. The van der Waals surface area contributed by atoms with Crippen molar-refractivity contribution < 1.29 is 18.8 Å². The monoisotopic (exact) mass is 333 g/mol. The van der Waals surface area contributed by atoms with Crippen LogP contribution in [0.2, 0.25) is 0 Å². The van der Waals surface area contributed by atoms with Crippen LogP contribution in [0.25, 0.3) is 0 Å². The van der Waals surface area contributed by atoms with Crippen LogP contribution in [0, 0.1) is 5.82 Å². The molecule has 128 valence electrons. The SMILES string of the molecule is O=C(c1ccc(F)cc1)N1CCN(CC(=O)N2CCCC2=O)CC1. The number of piperazine rings is 1. The van der Waals surface area contributed by atoms with E-state index in [1.165, 1.54) is 29.2 Å². The van der Waals surface area contributed by atoms with Crippen LogP contribution in [0.5, 0.6) is 0 Å². The van der Waals surface area contributed by atoms with Gasteiger partial charge in [-0.15, -0.1) is 0 Å². The maximum Gasteiger partial charge on any atom is 0.253 e. The molecule has 1 aromatic carbocycles. The Morgan fingerprint density at radius 1 is 1.00 bits per heavy atom. The van der Waals surface area contributed by atoms with E-state index >= 15 is 0 Å². The van der Waals surface area contributed by atoms with Crippen LogP contribution in [0.4, 0.5) is 4.39 Å². The number of imide groups is 1. The maximum absolute atomic E-state index is 12.9. The van der Waals surface area contributed by atoms with Crippen molar-refractivity contribution >= 4 is 17.7 Å². The molecule has 7 heteroatoms. The molecule has 0 radical (unpaired) electrons. The van der Waals surface area contributed by atoms with E-state index in [-0.39, 0.29) is 30.1 Å². The van der Waals surface area contributed by atoms with Crippen LogP contribution >= 0.6 is 0 Å². The minimum absolute atomic E-state index is 0.0925. The van der Waals surface area contributed by atoms with Gasteiger partial charge in [-0.1, -0.05) is 0 Å². The van der Waals surface area contributed by atoms with Crippen LogP contribution in [-0.4, -0.2) is 71.7 Å². The van der Waals surface area contributed by atoms with Gasteiger partial charge in [-0.2, -0.15) is 0 Å². The maximum atomic E-state index is 12.9. The number of hydrogen-bond donors (Lipinski definition) is 0. The minimum atomic E-state index is -0.369. The predicted molar refractivity (Wildman–Crippen MR) is 84.7 cm³/mol. The second-order valence-electron chi connectivity index (χ2n) is 6.12. The largest absolute Gasteiger partial charge is 0.336 e. The number of carbonyl (C=O) groups excluding carboxylic acids is 3. The second-order valence-corrected chi connectivity index (χ2v) is 6.12. The number of nitrogens with zero attached hydrogens (tertiary/aromatic N) is 3. The Kier molecular flexibility index (Phi) is 4.89. The van der Waals surface area contributed by atoms with Gasteiger partial charge >= 0.3 is 0 Å². The van der Waals surface area contributed by atoms with Gasteiger partial charge in [0.1, 0.15) is 5.82 Å². The van der Waals surface area contributed by atoms with Crippen LogP contribution in [-0.2, 0) is 9.59 Å². The molecule has 0 N–H and O–H groups in total. The summed E-state index contributed by atoms with van der Waals surface area (Å²) in [6.45, 7) is 2.92. The van der Waals surface area contributed by atoms with Gasteiger partial charge in [0, 0.05) is 44.7 Å². The van der Waals surface area contributed by atoms with E-state index in [1.807, 2.05) is 4.90 Å². The number of benzene rings is 1. The lowest BCUT2D eigenvalue weighted by molar-refractivity contribution is -0.142. The van der Waals surface area contributed by atoms with E-state index in [0.717, 1.165) is 6.42 Å². The molecular formula is C17H20FN3O3. The Morgan fingerprint density at radius 2 is 1.67 bits per heavy atom. The Hall–Kier alpha value is -2.28. The molecule has 0 aromatic heterocycles. The molecule has 3 amide bonds. The summed E-state index contributed by atoms with van der Waals surface area (Å²) in [5.74, 6) is -0.747. The van der Waals surface area contributed by atoms with Crippen molar-refractivity contribution in [1.82, 2.24) is 14.7 Å². The molecule has 1 aromatic rings. The fraction of sp³-hybridized carbons (Fsp3) is 0.471. The quantitative estimate of drug-likeness (QED) is 0.818. The number of amides is 3. The third-order valence-electron chi connectivity index (χ3n) is 4.48. The molecular weight excluding hydrogens is 313 g/mol. The topological polar surface area (TPSA) is 60.9 Å². The van der Waals surface area contributed by atoms with Gasteiger partial charge in [-0.05, 0) is 30.7 Å². The van der Waals surface area contributed by atoms with Crippen molar-refractivity contribution in [3.63, 3.8) is 0 Å². The average Bonchev–Trinajstić information content (AvgIpc) is 3.02. The third-order valence-corrected chi connectivity index (χ3v) is 4.48. The first-order chi connectivity index (χ1) is 11.5. The van der Waals surface area contributed by atoms with Gasteiger partial charge < -0.3 is 4.90 Å². The second kappa shape index (κ2) is 7.09. The highest BCUT2D eigenvalue weighted by Gasteiger charge is 2.29. The summed E-state index contributed by atoms with van der Waals surface area (Å²) in [5, 5.41) is 0. The standard InChI is InChI=1S/C17H20FN3O3/c18-14-5-3-13(4-6-14)17(24)20-10-8-19(9-11-20)12-16(23)21-7-1-2-15(21)22/h3-6H,1-2,7-12H2. The first kappa shape index (κ1) is 16.6. The molecule has 0 saturated carbocycles. The molecule has 3 rings (SSSR count). The van der Waals surface area contributed by atoms with Gasteiger partial charge in [-0.3, -0.25) is 24.2 Å². The highest BCUT2D eigenvalue weighted by molar-refractivity contribution is 5.97. The molecule has 0 spiro atoms. The number of likely N-dealkylation sites (tertiary alicyclic amines) is 1. The molecule has 24 heavy (non-hydrogen) atoms. The molecule has 0 aliphatic carbocycles. The predicted octanol–water partition coefficient (Wildman–Crippen LogP) is 0.732. The molecule has 0 bridgehead atoms. The highest BCUT2D eigenvalue weighted by atomic mass is 19.1. The Labute approximate surface area is 139 Å². The molecule has 0 unspecified atom stereocenters. The van der Waals surface area contributed by atoms with E-state index in [9.17, 15) is 18.8 Å². The van der Waals surface area contributed by atoms with E-state index < -0.39 is 0 Å². The zero-order chi connectivity index (χ0) is 17.1. The fourth-order valence-corrected chi connectivity index (χ4v) is 3.07. The number of halogens is 1. The molecule has 2 fully saturated rings. The van der Waals surface area contributed by atoms with Crippen molar-refractivity contribution in [2.75, 3.05) is 39.3 Å². The summed E-state index contributed by atoms with van der Waals surface area (Å²) in [6.07, 6.45) is 1.19. The van der Waals surface area contributed by atoms with E-state index in [0.29, 0.717) is 44.7 Å². The Balaban J connectivity index is 1.50. The molecule has 2 heterocycles. The van der Waals surface area contributed by atoms with E-state index in [4.69, 9.17) is 0 Å². The third kappa shape index (κ3) is 3.62. The number of rotatable bonds is 3. The summed E-state index contributed by atoms with van der Waals surface area (Å²) in [5.41, 5.74) is 0.462. The lowest BCUT2D eigenvalue weighted by Crippen LogP contribution is -2.51. The molecule has 2 aliphatic heterocycles. The lowest BCUT2D eigenvalue weighted by Gasteiger charge is -2.34. The van der Waals surface area contributed by atoms with Crippen molar-refractivity contribution in [2.24, 2.45) is 0 Å². The van der Waals surface area contributed by atoms with Gasteiger partial charge in [0.05, 0.1) is 6.54 Å². The van der Waals surface area contributed by atoms with Crippen LogP contribution in [0.3, 0.4) is 0 Å². The highest BCUT2D eigenvalue weighted by Crippen LogP contribution is 2.13. The molecule has 2 saturated heterocycles. The smallest absolute Gasteiger partial charge is 0.253 e. The summed E-state index contributed by atoms with van der Waals surface area (Å²) in [4.78, 5) is 41.1. The fourth-order valence-electron chi connectivity index (χ4n) is 3.07. The first-order valence-electron chi connectivity index (χ1n) is 8.15. The van der Waals surface area contributed by atoms with Gasteiger partial charge in [0.2, 0.25) is 11.8 Å². The van der Waals surface area contributed by atoms with Crippen molar-refractivity contribution in [1.29, 1.82) is 0 Å². The Bertz CT molecular complexity index is 639. The van der Waals surface area contributed by atoms with Crippen LogP contribution in [0.1, 0.15) is 23.2 Å². The van der Waals surface area contributed by atoms with Crippen LogP contribution < -0.4 is 0 Å². The number of carbonyl (C=O) groups is 3. The van der Waals surface area contributed by atoms with Crippen LogP contribution in [0.15, 0.2) is 24.3 Å². The minimum Gasteiger partial charge on any atom is -0.336 e. The van der Waals surface area contributed by atoms with E-state index in [1.54, 1.807) is 4.90 Å². The molecule has 0 atom stereocenters. The van der Waals surface area contributed by atoms with E-state index in [2.05, 4.69) is 0 Å². The summed E-state index contributed by atoms with van der Waals surface area (Å²) >= 11 is 0. The normalized spacial score (nSPS) is 19.0. The Morgan fingerprint density at radius 3 is 2.25 bits per heavy atom. The zero-order valence-electron chi connectivity index (χ0n) is 13.4. The lowest BCUT2D eigenvalue weighted by atomic mass is 10.2. The summed E-state index contributed by atoms with van der Waals surface area (Å²) in [6, 6.07) is 5.50. The van der Waals surface area contributed by atoms with Gasteiger partial charge in [0.25, 0.3) is 5.91 Å². The summed E-state index contributed by atoms with van der Waals surface area (Å²) in [7, 11) is 0. The van der Waals surface area contributed by atoms with Crippen molar-refractivity contribution in [3.05, 3.63) is 35.6 Å². The summed E-state index contributed by atoms with van der Waals surface area (Å²) < 4.78 is 12.9. The average molecular weight is 333 g/mol. The van der Waals surface area contributed by atoms with Crippen molar-refractivity contribution in [2.45, 2.75) is 12.8 Å². The van der Waals surface area contributed by atoms with Gasteiger partial charge in [0.15, 0.2) is 0 Å². The zero-order valence-corrected chi connectivity index (χ0v) is 13.4. The molecule has 2 aliphatic rings. The first-order valence-corrected chi connectivity index (χ1v) is 8.15. The van der Waals surface area contributed by atoms with Crippen molar-refractivity contribution in [3.8, 4) is 0 Å².